The first-order chi connectivity index (χ1) is 9.78. The standard InChI is InChI=1S/C15H19NO4/c1-18-11-2-3-14-12(8-11)13(5-7-20-14)16-15(17)10-4-6-19-9-10/h2-3,8,10,13H,4-7,9H2,1H3,(H,16,17)/t10-,13+/m1/s1. The Kier molecular flexibility index (Phi) is 3.78. The summed E-state index contributed by atoms with van der Waals surface area (Å²) in [6.07, 6.45) is 1.58. The van der Waals surface area contributed by atoms with Gasteiger partial charge < -0.3 is 19.5 Å². The molecular formula is C15H19NO4. The number of hydrogen-bond donors (Lipinski definition) is 1. The quantitative estimate of drug-likeness (QED) is 0.913. The van der Waals surface area contributed by atoms with E-state index in [4.69, 9.17) is 14.2 Å². The van der Waals surface area contributed by atoms with Crippen molar-refractivity contribution in [2.24, 2.45) is 5.92 Å². The molecule has 1 fully saturated rings. The van der Waals surface area contributed by atoms with E-state index < -0.39 is 0 Å². The summed E-state index contributed by atoms with van der Waals surface area (Å²) in [6, 6.07) is 5.69. The maximum Gasteiger partial charge on any atom is 0.226 e. The Morgan fingerprint density at radius 1 is 1.35 bits per heavy atom. The highest BCUT2D eigenvalue weighted by Gasteiger charge is 2.28. The normalized spacial score (nSPS) is 24.6. The molecule has 0 unspecified atom stereocenters. The molecule has 1 aromatic carbocycles. The van der Waals surface area contributed by atoms with Crippen molar-refractivity contribution in [3.05, 3.63) is 23.8 Å². The first-order valence-corrected chi connectivity index (χ1v) is 6.97. The van der Waals surface area contributed by atoms with Crippen LogP contribution in [0.15, 0.2) is 18.2 Å². The minimum atomic E-state index is -0.0214. The molecule has 2 aliphatic rings. The lowest BCUT2D eigenvalue weighted by Crippen LogP contribution is -2.36. The van der Waals surface area contributed by atoms with Crippen molar-refractivity contribution in [3.8, 4) is 11.5 Å². The molecule has 108 valence electrons. The number of amides is 1. The highest BCUT2D eigenvalue weighted by Crippen LogP contribution is 2.35. The van der Waals surface area contributed by atoms with Crippen LogP contribution in [-0.4, -0.2) is 32.8 Å². The van der Waals surface area contributed by atoms with Crippen molar-refractivity contribution >= 4 is 5.91 Å². The number of carbonyl (C=O) groups is 1. The van der Waals surface area contributed by atoms with E-state index in [0.717, 1.165) is 29.9 Å². The second-order valence-electron chi connectivity index (χ2n) is 5.16. The number of fused-ring (bicyclic) bond motifs is 1. The van der Waals surface area contributed by atoms with Crippen LogP contribution < -0.4 is 14.8 Å². The molecule has 1 aromatic rings. The molecule has 1 amide bonds. The maximum absolute atomic E-state index is 12.2. The summed E-state index contributed by atoms with van der Waals surface area (Å²) in [5, 5.41) is 3.11. The van der Waals surface area contributed by atoms with Crippen LogP contribution >= 0.6 is 0 Å². The van der Waals surface area contributed by atoms with Crippen LogP contribution in [0, 0.1) is 5.92 Å². The van der Waals surface area contributed by atoms with Gasteiger partial charge in [0.1, 0.15) is 11.5 Å². The van der Waals surface area contributed by atoms with Gasteiger partial charge in [-0.25, -0.2) is 0 Å². The van der Waals surface area contributed by atoms with Crippen LogP contribution in [0.25, 0.3) is 0 Å². The van der Waals surface area contributed by atoms with Gasteiger partial charge in [-0.05, 0) is 24.6 Å². The van der Waals surface area contributed by atoms with Gasteiger partial charge >= 0.3 is 0 Å². The van der Waals surface area contributed by atoms with Gasteiger partial charge in [-0.15, -0.1) is 0 Å². The van der Waals surface area contributed by atoms with Crippen molar-refractivity contribution in [2.75, 3.05) is 26.9 Å². The number of benzene rings is 1. The monoisotopic (exact) mass is 277 g/mol. The van der Waals surface area contributed by atoms with E-state index >= 15 is 0 Å². The third-order valence-corrected chi connectivity index (χ3v) is 3.87. The van der Waals surface area contributed by atoms with Crippen LogP contribution in [-0.2, 0) is 9.53 Å². The Bertz CT molecular complexity index is 497. The van der Waals surface area contributed by atoms with Crippen molar-refractivity contribution in [2.45, 2.75) is 18.9 Å². The first-order valence-electron chi connectivity index (χ1n) is 6.97. The summed E-state index contributed by atoms with van der Waals surface area (Å²) in [6.45, 7) is 1.82. The van der Waals surface area contributed by atoms with Gasteiger partial charge in [0.05, 0.1) is 32.3 Å². The largest absolute Gasteiger partial charge is 0.497 e. The number of carbonyl (C=O) groups excluding carboxylic acids is 1. The molecule has 20 heavy (non-hydrogen) atoms. The second kappa shape index (κ2) is 5.71. The highest BCUT2D eigenvalue weighted by atomic mass is 16.5. The molecule has 5 nitrogen and oxygen atoms in total. The van der Waals surface area contributed by atoms with Crippen molar-refractivity contribution in [3.63, 3.8) is 0 Å². The van der Waals surface area contributed by atoms with Crippen molar-refractivity contribution in [1.82, 2.24) is 5.32 Å². The highest BCUT2D eigenvalue weighted by molar-refractivity contribution is 5.79. The zero-order chi connectivity index (χ0) is 13.9. The molecule has 0 aliphatic carbocycles. The van der Waals surface area contributed by atoms with E-state index in [1.54, 1.807) is 7.11 Å². The molecule has 2 aliphatic heterocycles. The predicted molar refractivity (Wildman–Crippen MR) is 72.9 cm³/mol. The zero-order valence-corrected chi connectivity index (χ0v) is 11.6. The van der Waals surface area contributed by atoms with E-state index in [1.807, 2.05) is 18.2 Å². The molecule has 2 atom stereocenters. The first kappa shape index (κ1) is 13.2. The summed E-state index contributed by atoms with van der Waals surface area (Å²) < 4.78 is 16.1. The molecule has 3 rings (SSSR count). The van der Waals surface area contributed by atoms with Gasteiger partial charge in [-0.3, -0.25) is 4.79 Å². The van der Waals surface area contributed by atoms with E-state index in [9.17, 15) is 4.79 Å². The Morgan fingerprint density at radius 3 is 3.00 bits per heavy atom. The number of ether oxygens (including phenoxy) is 3. The molecule has 1 saturated heterocycles. The molecule has 0 radical (unpaired) electrons. The minimum absolute atomic E-state index is 0.0121. The zero-order valence-electron chi connectivity index (χ0n) is 11.6. The number of nitrogens with one attached hydrogen (secondary N) is 1. The fraction of sp³-hybridized carbons (Fsp3) is 0.533. The number of hydrogen-bond acceptors (Lipinski definition) is 4. The minimum Gasteiger partial charge on any atom is -0.497 e. The summed E-state index contributed by atoms with van der Waals surface area (Å²) in [4.78, 5) is 12.2. The lowest BCUT2D eigenvalue weighted by Gasteiger charge is -2.27. The van der Waals surface area contributed by atoms with E-state index in [2.05, 4.69) is 5.32 Å². The van der Waals surface area contributed by atoms with Crippen LogP contribution in [0.1, 0.15) is 24.4 Å². The van der Waals surface area contributed by atoms with Gasteiger partial charge in [0.15, 0.2) is 0 Å². The molecular weight excluding hydrogens is 258 g/mol. The summed E-state index contributed by atoms with van der Waals surface area (Å²) in [5.74, 6) is 1.65. The number of rotatable bonds is 3. The Hall–Kier alpha value is -1.75. The fourth-order valence-corrected chi connectivity index (χ4v) is 2.68. The van der Waals surface area contributed by atoms with Gasteiger partial charge in [0, 0.05) is 18.6 Å². The topological polar surface area (TPSA) is 56.8 Å². The number of methoxy groups -OCH3 is 1. The van der Waals surface area contributed by atoms with Crippen LogP contribution in [0.5, 0.6) is 11.5 Å². The van der Waals surface area contributed by atoms with Gasteiger partial charge in [-0.1, -0.05) is 0 Å². The molecule has 0 aromatic heterocycles. The predicted octanol–water partition coefficient (Wildman–Crippen LogP) is 1.67. The van der Waals surface area contributed by atoms with Gasteiger partial charge in [0.25, 0.3) is 0 Å². The lowest BCUT2D eigenvalue weighted by molar-refractivity contribution is -0.125. The SMILES string of the molecule is COc1ccc2c(c1)[C@@H](NC(=O)[C@@H]1CCOC1)CCO2. The summed E-state index contributed by atoms with van der Waals surface area (Å²) in [7, 11) is 1.63. The van der Waals surface area contributed by atoms with Gasteiger partial charge in [0.2, 0.25) is 5.91 Å². The fourth-order valence-electron chi connectivity index (χ4n) is 2.68. The third kappa shape index (κ3) is 2.58. The Labute approximate surface area is 118 Å². The van der Waals surface area contributed by atoms with E-state index in [-0.39, 0.29) is 17.9 Å². The van der Waals surface area contributed by atoms with Crippen LogP contribution in [0.2, 0.25) is 0 Å². The summed E-state index contributed by atoms with van der Waals surface area (Å²) in [5.41, 5.74) is 0.989. The maximum atomic E-state index is 12.2. The van der Waals surface area contributed by atoms with Gasteiger partial charge in [-0.2, -0.15) is 0 Å². The molecule has 0 bridgehead atoms. The smallest absolute Gasteiger partial charge is 0.226 e. The molecule has 0 saturated carbocycles. The Morgan fingerprint density at radius 2 is 2.25 bits per heavy atom. The van der Waals surface area contributed by atoms with Crippen molar-refractivity contribution in [1.29, 1.82) is 0 Å². The summed E-state index contributed by atoms with van der Waals surface area (Å²) >= 11 is 0. The van der Waals surface area contributed by atoms with Crippen molar-refractivity contribution < 1.29 is 19.0 Å². The lowest BCUT2D eigenvalue weighted by atomic mass is 9.98. The average Bonchev–Trinajstić information content (AvgIpc) is 3.01. The third-order valence-electron chi connectivity index (χ3n) is 3.87. The molecule has 1 N–H and O–H groups in total. The average molecular weight is 277 g/mol. The van der Waals surface area contributed by atoms with Crippen LogP contribution in [0.4, 0.5) is 0 Å². The molecule has 5 heteroatoms. The van der Waals surface area contributed by atoms with E-state index in [0.29, 0.717) is 19.8 Å². The van der Waals surface area contributed by atoms with Crippen LogP contribution in [0.3, 0.4) is 0 Å². The Balaban J connectivity index is 1.76. The molecule has 0 spiro atoms. The van der Waals surface area contributed by atoms with E-state index in [1.165, 1.54) is 0 Å². The molecule has 2 heterocycles. The second-order valence-corrected chi connectivity index (χ2v) is 5.16.